The van der Waals surface area contributed by atoms with Crippen LogP contribution in [0.4, 0.5) is 0 Å². The molecule has 0 radical (unpaired) electrons. The van der Waals surface area contributed by atoms with Gasteiger partial charge in [-0.1, -0.05) is 164 Å². The number of aromatic nitrogens is 4. The van der Waals surface area contributed by atoms with Crippen LogP contribution in [-0.4, -0.2) is 19.5 Å². The third-order valence-corrected chi connectivity index (χ3v) is 13.5. The number of rotatable bonds is 4. The minimum atomic E-state index is -0.450. The first-order valence-electron chi connectivity index (χ1n) is 21.4. The Morgan fingerprint density at radius 2 is 0.905 bits per heavy atom. The predicted octanol–water partition coefficient (Wildman–Crippen LogP) is 14.2. The molecule has 0 atom stereocenters. The van der Waals surface area contributed by atoms with E-state index in [0.717, 1.165) is 55.3 Å². The van der Waals surface area contributed by atoms with E-state index in [-0.39, 0.29) is 0 Å². The van der Waals surface area contributed by atoms with Gasteiger partial charge >= 0.3 is 0 Å². The summed E-state index contributed by atoms with van der Waals surface area (Å²) < 4.78 is 8.74. The van der Waals surface area contributed by atoms with Crippen LogP contribution in [-0.2, 0) is 5.41 Å². The summed E-state index contributed by atoms with van der Waals surface area (Å²) in [4.78, 5) is 15.6. The minimum Gasteiger partial charge on any atom is -0.456 e. The zero-order valence-corrected chi connectivity index (χ0v) is 33.8. The van der Waals surface area contributed by atoms with E-state index < -0.39 is 5.41 Å². The van der Waals surface area contributed by atoms with E-state index in [1.807, 2.05) is 48.5 Å². The Bertz CT molecular complexity index is 3830. The molecule has 0 unspecified atom stereocenters. The van der Waals surface area contributed by atoms with Crippen molar-refractivity contribution in [3.8, 4) is 62.1 Å². The van der Waals surface area contributed by atoms with Crippen LogP contribution in [0.3, 0.4) is 0 Å². The maximum absolute atomic E-state index is 6.31. The molecule has 1 spiro atoms. The average Bonchev–Trinajstić information content (AvgIpc) is 4.07. The van der Waals surface area contributed by atoms with Gasteiger partial charge in [-0.3, -0.25) is 0 Å². The van der Waals surface area contributed by atoms with Crippen molar-refractivity contribution in [1.29, 1.82) is 0 Å². The van der Waals surface area contributed by atoms with E-state index in [0.29, 0.717) is 17.5 Å². The van der Waals surface area contributed by atoms with Crippen molar-refractivity contribution in [2.45, 2.75) is 5.41 Å². The summed E-state index contributed by atoms with van der Waals surface area (Å²) in [5, 5.41) is 4.44. The molecular formula is C58H34N4O. The normalized spacial score (nSPS) is 13.2. The van der Waals surface area contributed by atoms with Crippen LogP contribution >= 0.6 is 0 Å². The molecule has 14 rings (SSSR count). The molecule has 2 aliphatic carbocycles. The van der Waals surface area contributed by atoms with Crippen LogP contribution in [0.5, 0.6) is 0 Å². The van der Waals surface area contributed by atoms with Crippen molar-refractivity contribution in [2.24, 2.45) is 0 Å². The van der Waals surface area contributed by atoms with Gasteiger partial charge in [-0.2, -0.15) is 0 Å². The van der Waals surface area contributed by atoms with Gasteiger partial charge in [-0.25, -0.2) is 15.0 Å². The lowest BCUT2D eigenvalue weighted by Gasteiger charge is -2.30. The second kappa shape index (κ2) is 12.8. The molecule has 0 bridgehead atoms. The van der Waals surface area contributed by atoms with Crippen molar-refractivity contribution >= 4 is 43.7 Å². The Hall–Kier alpha value is -8.41. The largest absolute Gasteiger partial charge is 0.456 e. The van der Waals surface area contributed by atoms with Crippen molar-refractivity contribution in [2.75, 3.05) is 0 Å². The summed E-state index contributed by atoms with van der Waals surface area (Å²) >= 11 is 0. The molecule has 0 amide bonds. The Morgan fingerprint density at radius 1 is 0.349 bits per heavy atom. The van der Waals surface area contributed by atoms with Crippen LogP contribution in [0.2, 0.25) is 0 Å². The highest BCUT2D eigenvalue weighted by Gasteiger charge is 2.51. The Kier molecular flexibility index (Phi) is 6.97. The molecule has 0 N–H and O–H groups in total. The van der Waals surface area contributed by atoms with Gasteiger partial charge in [0.15, 0.2) is 17.5 Å². The van der Waals surface area contributed by atoms with Gasteiger partial charge in [0.05, 0.1) is 16.4 Å². The number of para-hydroxylation sites is 2. The van der Waals surface area contributed by atoms with E-state index in [1.54, 1.807) is 0 Å². The van der Waals surface area contributed by atoms with Crippen molar-refractivity contribution in [1.82, 2.24) is 19.5 Å². The highest BCUT2D eigenvalue weighted by Crippen LogP contribution is 2.63. The molecule has 0 saturated heterocycles. The molecule has 2 aliphatic rings. The smallest absolute Gasteiger partial charge is 0.164 e. The highest BCUT2D eigenvalue weighted by molar-refractivity contribution is 6.13. The molecule has 292 valence electrons. The van der Waals surface area contributed by atoms with E-state index in [9.17, 15) is 0 Å². The lowest BCUT2D eigenvalue weighted by atomic mass is 9.70. The number of hydrogen-bond donors (Lipinski definition) is 0. The first-order valence-corrected chi connectivity index (χ1v) is 21.4. The number of furan rings is 1. The fourth-order valence-electron chi connectivity index (χ4n) is 10.9. The summed E-state index contributed by atoms with van der Waals surface area (Å²) in [6.45, 7) is 0. The topological polar surface area (TPSA) is 56.7 Å². The van der Waals surface area contributed by atoms with Crippen LogP contribution in [0.1, 0.15) is 22.3 Å². The van der Waals surface area contributed by atoms with E-state index in [4.69, 9.17) is 19.4 Å². The lowest BCUT2D eigenvalue weighted by Crippen LogP contribution is -2.25. The van der Waals surface area contributed by atoms with E-state index in [2.05, 4.69) is 162 Å². The summed E-state index contributed by atoms with van der Waals surface area (Å²) in [6, 6.07) is 73.8. The molecule has 63 heavy (non-hydrogen) atoms. The third kappa shape index (κ3) is 4.68. The van der Waals surface area contributed by atoms with Gasteiger partial charge in [0, 0.05) is 43.9 Å². The number of nitrogens with zero attached hydrogens (tertiary/aromatic N) is 4. The molecule has 12 aromatic rings. The fourth-order valence-corrected chi connectivity index (χ4v) is 10.9. The summed E-state index contributed by atoms with van der Waals surface area (Å²) in [5.74, 6) is 1.80. The van der Waals surface area contributed by atoms with Crippen LogP contribution in [0, 0.1) is 0 Å². The van der Waals surface area contributed by atoms with Crippen LogP contribution < -0.4 is 0 Å². The van der Waals surface area contributed by atoms with Crippen LogP contribution in [0.25, 0.3) is 106 Å². The second-order valence-corrected chi connectivity index (χ2v) is 16.7. The van der Waals surface area contributed by atoms with Crippen molar-refractivity contribution in [3.63, 3.8) is 0 Å². The minimum absolute atomic E-state index is 0.450. The van der Waals surface area contributed by atoms with Gasteiger partial charge in [0.25, 0.3) is 0 Å². The lowest BCUT2D eigenvalue weighted by molar-refractivity contribution is 0.669. The van der Waals surface area contributed by atoms with Crippen molar-refractivity contribution in [3.05, 3.63) is 229 Å². The number of hydrogen-bond acceptors (Lipinski definition) is 4. The summed E-state index contributed by atoms with van der Waals surface area (Å²) in [6.07, 6.45) is 0. The van der Waals surface area contributed by atoms with E-state index >= 15 is 0 Å². The second-order valence-electron chi connectivity index (χ2n) is 16.7. The standard InChI is InChI=1S/C58H34N4O/c1-2-16-35(17-3-1)55-59-56(61-57(60-55)43-25-15-31-53-54(43)42-24-8-13-30-52(42)63-53)36-18-14-19-37(32-36)62-50-29-12-7-23-41(50)45-33-44-40-22-6-11-28-48(40)58(49(44)34-51(45)62)46-26-9-4-20-38(46)39-21-5-10-27-47(39)58/h1-34H. The summed E-state index contributed by atoms with van der Waals surface area (Å²) in [5.41, 5.74) is 17.7. The number of benzene rings is 9. The molecule has 3 heterocycles. The first-order chi connectivity index (χ1) is 31.2. The monoisotopic (exact) mass is 802 g/mol. The van der Waals surface area contributed by atoms with Gasteiger partial charge < -0.3 is 8.98 Å². The summed E-state index contributed by atoms with van der Waals surface area (Å²) in [7, 11) is 0. The zero-order valence-electron chi connectivity index (χ0n) is 33.8. The molecule has 3 aromatic heterocycles. The highest BCUT2D eigenvalue weighted by atomic mass is 16.3. The maximum Gasteiger partial charge on any atom is 0.164 e. The maximum atomic E-state index is 6.31. The zero-order chi connectivity index (χ0) is 41.2. The van der Waals surface area contributed by atoms with Gasteiger partial charge in [0.1, 0.15) is 11.2 Å². The molecule has 9 aromatic carbocycles. The molecular weight excluding hydrogens is 769 g/mol. The number of fused-ring (bicyclic) bond motifs is 16. The SMILES string of the molecule is c1ccc(-c2nc(-c3cccc(-n4c5ccccc5c5cc6c(cc54)C4(c5ccccc5-c5ccccc54)c4ccccc4-6)c3)nc(-c3cccc4oc5ccccc5c34)n2)cc1. The van der Waals surface area contributed by atoms with Gasteiger partial charge in [-0.15, -0.1) is 0 Å². The quantitative estimate of drug-likeness (QED) is 0.178. The molecule has 5 heteroatoms. The van der Waals surface area contributed by atoms with Crippen molar-refractivity contribution < 1.29 is 4.42 Å². The predicted molar refractivity (Wildman–Crippen MR) is 254 cm³/mol. The molecule has 0 fully saturated rings. The third-order valence-electron chi connectivity index (χ3n) is 13.5. The average molecular weight is 803 g/mol. The molecule has 0 saturated carbocycles. The van der Waals surface area contributed by atoms with Gasteiger partial charge in [0.2, 0.25) is 0 Å². The van der Waals surface area contributed by atoms with E-state index in [1.165, 1.54) is 55.3 Å². The Morgan fingerprint density at radius 3 is 1.67 bits per heavy atom. The molecule has 5 nitrogen and oxygen atoms in total. The van der Waals surface area contributed by atoms with Crippen LogP contribution in [0.15, 0.2) is 211 Å². The first kappa shape index (κ1) is 34.3. The van der Waals surface area contributed by atoms with Gasteiger partial charge in [-0.05, 0) is 87.0 Å². The Balaban J connectivity index is 1.01. The molecule has 0 aliphatic heterocycles. The Labute approximate surface area is 362 Å². The fraction of sp³-hybridized carbons (Fsp3) is 0.0172.